The first kappa shape index (κ1) is 19.6. The van der Waals surface area contributed by atoms with Gasteiger partial charge in [0.1, 0.15) is 11.9 Å². The van der Waals surface area contributed by atoms with Crippen molar-refractivity contribution in [1.82, 2.24) is 15.2 Å². The topological polar surface area (TPSA) is 71.0 Å². The van der Waals surface area contributed by atoms with Crippen LogP contribution in [0.1, 0.15) is 18.3 Å². The molecule has 1 aromatic heterocycles. The van der Waals surface area contributed by atoms with E-state index in [1.807, 2.05) is 0 Å². The molecular formula is C15H16ClF4N3O2. The van der Waals surface area contributed by atoms with Crippen LogP contribution in [0.25, 0.3) is 0 Å². The van der Waals surface area contributed by atoms with E-state index in [1.165, 1.54) is 37.5 Å². The highest BCUT2D eigenvalue weighted by Crippen LogP contribution is 2.35. The quantitative estimate of drug-likeness (QED) is 0.687. The number of hydrogen-bond acceptors (Lipinski definition) is 4. The minimum absolute atomic E-state index is 0.136. The normalized spacial score (nSPS) is 16.0. The van der Waals surface area contributed by atoms with Crippen LogP contribution < -0.4 is 0 Å². The lowest BCUT2D eigenvalue weighted by Gasteiger charge is -2.34. The van der Waals surface area contributed by atoms with E-state index in [-0.39, 0.29) is 12.2 Å². The summed E-state index contributed by atoms with van der Waals surface area (Å²) in [6, 6.07) is 6.05. The molecule has 0 aliphatic carbocycles. The van der Waals surface area contributed by atoms with Crippen LogP contribution in [0.2, 0.25) is 5.02 Å². The number of alkyl halides is 4. The molecule has 10 heteroatoms. The number of ether oxygens (including phenoxy) is 1. The van der Waals surface area contributed by atoms with Gasteiger partial charge < -0.3 is 9.84 Å². The summed E-state index contributed by atoms with van der Waals surface area (Å²) in [4.78, 5) is 3.90. The summed E-state index contributed by atoms with van der Waals surface area (Å²) in [6.07, 6.45) is -7.40. The van der Waals surface area contributed by atoms with E-state index < -0.39 is 30.7 Å². The van der Waals surface area contributed by atoms with E-state index in [1.54, 1.807) is 0 Å². The lowest BCUT2D eigenvalue weighted by Crippen LogP contribution is -2.41. The van der Waals surface area contributed by atoms with Crippen LogP contribution in [0, 0.1) is 5.92 Å². The Morgan fingerprint density at radius 2 is 1.92 bits per heavy atom. The van der Waals surface area contributed by atoms with Crippen molar-refractivity contribution in [1.29, 1.82) is 0 Å². The van der Waals surface area contributed by atoms with E-state index in [0.29, 0.717) is 10.6 Å². The molecule has 0 fully saturated rings. The van der Waals surface area contributed by atoms with Gasteiger partial charge in [0.05, 0.1) is 6.61 Å². The lowest BCUT2D eigenvalue weighted by molar-refractivity contribution is -0.308. The summed E-state index contributed by atoms with van der Waals surface area (Å²) in [5.74, 6) is -0.748. The van der Waals surface area contributed by atoms with E-state index in [0.717, 1.165) is 0 Å². The van der Waals surface area contributed by atoms with Crippen molar-refractivity contribution in [2.75, 3.05) is 6.61 Å². The highest BCUT2D eigenvalue weighted by Gasteiger charge is 2.45. The summed E-state index contributed by atoms with van der Waals surface area (Å²) >= 11 is 5.82. The number of hydrogen-bond donors (Lipinski definition) is 2. The number of nitrogens with one attached hydrogen (secondary N) is 1. The molecule has 5 nitrogen and oxygen atoms in total. The second-order valence-corrected chi connectivity index (χ2v) is 6.03. The molecule has 0 aliphatic heterocycles. The number of aliphatic hydroxyl groups is 1. The van der Waals surface area contributed by atoms with Crippen LogP contribution in [0.4, 0.5) is 17.6 Å². The van der Waals surface area contributed by atoms with Crippen LogP contribution in [0.3, 0.4) is 0 Å². The van der Waals surface area contributed by atoms with Gasteiger partial charge in [-0.05, 0) is 17.7 Å². The molecule has 0 saturated heterocycles. The Balaban J connectivity index is 2.25. The molecule has 0 spiro atoms. The molecule has 138 valence electrons. The van der Waals surface area contributed by atoms with Gasteiger partial charge >= 0.3 is 12.5 Å². The molecule has 25 heavy (non-hydrogen) atoms. The van der Waals surface area contributed by atoms with Crippen molar-refractivity contribution in [3.8, 4) is 0 Å². The number of benzene rings is 1. The van der Waals surface area contributed by atoms with Gasteiger partial charge in [-0.25, -0.2) is 13.8 Å². The lowest BCUT2D eigenvalue weighted by atomic mass is 9.80. The van der Waals surface area contributed by atoms with E-state index in [4.69, 9.17) is 11.6 Å². The van der Waals surface area contributed by atoms with Gasteiger partial charge in [-0.1, -0.05) is 30.7 Å². The highest BCUT2D eigenvalue weighted by atomic mass is 35.5. The molecule has 1 heterocycles. The third kappa shape index (κ3) is 4.68. The van der Waals surface area contributed by atoms with Crippen molar-refractivity contribution in [2.45, 2.75) is 31.5 Å². The summed E-state index contributed by atoms with van der Waals surface area (Å²) in [6.45, 7) is 0.601. The Hall–Kier alpha value is -1.71. The van der Waals surface area contributed by atoms with Crippen LogP contribution in [0.15, 0.2) is 30.6 Å². The molecule has 2 rings (SSSR count). The second kappa shape index (κ2) is 7.67. The van der Waals surface area contributed by atoms with Gasteiger partial charge in [0.2, 0.25) is 0 Å². The molecular weight excluding hydrogens is 366 g/mol. The molecule has 0 aliphatic rings. The minimum atomic E-state index is -4.60. The zero-order valence-corrected chi connectivity index (χ0v) is 13.9. The molecule has 2 atom stereocenters. The molecule has 1 aromatic carbocycles. The molecule has 2 aromatic rings. The number of nitrogens with zero attached hydrogens (tertiary/aromatic N) is 2. The zero-order chi connectivity index (χ0) is 18.7. The first-order chi connectivity index (χ1) is 11.6. The van der Waals surface area contributed by atoms with Crippen LogP contribution in [0.5, 0.6) is 0 Å². The van der Waals surface area contributed by atoms with E-state index >= 15 is 0 Å². The first-order valence-corrected chi connectivity index (χ1v) is 7.66. The third-order valence-electron chi connectivity index (χ3n) is 3.83. The molecule has 0 saturated carbocycles. The molecule has 0 amide bonds. The van der Waals surface area contributed by atoms with Crippen molar-refractivity contribution < 1.29 is 27.4 Å². The average molecular weight is 382 g/mol. The SMILES string of the molecule is C[C@@H](COC(F)(F)C(F)F)[C@](O)(Cc1nc[nH]n1)c1ccc(Cl)cc1. The van der Waals surface area contributed by atoms with Gasteiger partial charge in [0, 0.05) is 17.4 Å². The number of H-pyrrole nitrogens is 1. The van der Waals surface area contributed by atoms with Crippen molar-refractivity contribution in [2.24, 2.45) is 5.92 Å². The molecule has 0 unspecified atom stereocenters. The molecule has 0 radical (unpaired) electrons. The Labute approximate surface area is 146 Å². The molecule has 0 bridgehead atoms. The number of aromatic amines is 1. The van der Waals surface area contributed by atoms with Crippen molar-refractivity contribution in [3.63, 3.8) is 0 Å². The predicted octanol–water partition coefficient (Wildman–Crippen LogP) is 3.40. The Kier molecular flexibility index (Phi) is 6.02. The van der Waals surface area contributed by atoms with E-state index in [2.05, 4.69) is 19.9 Å². The fourth-order valence-corrected chi connectivity index (χ4v) is 2.42. The van der Waals surface area contributed by atoms with Crippen LogP contribution in [-0.2, 0) is 16.8 Å². The van der Waals surface area contributed by atoms with Crippen LogP contribution >= 0.6 is 11.6 Å². The second-order valence-electron chi connectivity index (χ2n) is 5.60. The standard InChI is InChI=1S/C15H16ClF4N3O2/c1-9(7-25-15(19,20)13(17)18)14(24,6-12-21-8-22-23-12)10-2-4-11(16)5-3-10/h2-5,8-9,13,24H,6-7H2,1H3,(H,21,22,23)/t9-,14+/m0/s1. The first-order valence-electron chi connectivity index (χ1n) is 7.28. The average Bonchev–Trinajstić information content (AvgIpc) is 3.05. The van der Waals surface area contributed by atoms with Gasteiger partial charge in [0.25, 0.3) is 0 Å². The Bertz CT molecular complexity index is 670. The van der Waals surface area contributed by atoms with Crippen molar-refractivity contribution in [3.05, 3.63) is 47.0 Å². The third-order valence-corrected chi connectivity index (χ3v) is 4.08. The maximum absolute atomic E-state index is 13.0. The van der Waals surface area contributed by atoms with E-state index in [9.17, 15) is 22.7 Å². The summed E-state index contributed by atoms with van der Waals surface area (Å²) in [7, 11) is 0. The largest absolute Gasteiger partial charge is 0.416 e. The summed E-state index contributed by atoms with van der Waals surface area (Å²) < 4.78 is 54.6. The molecule has 2 N–H and O–H groups in total. The Morgan fingerprint density at radius 1 is 1.28 bits per heavy atom. The zero-order valence-electron chi connectivity index (χ0n) is 13.1. The van der Waals surface area contributed by atoms with Gasteiger partial charge in [0.15, 0.2) is 5.82 Å². The fourth-order valence-electron chi connectivity index (χ4n) is 2.30. The van der Waals surface area contributed by atoms with Gasteiger partial charge in [-0.3, -0.25) is 5.10 Å². The fraction of sp³-hybridized carbons (Fsp3) is 0.467. The van der Waals surface area contributed by atoms with Crippen LogP contribution in [-0.4, -0.2) is 39.4 Å². The minimum Gasteiger partial charge on any atom is -0.384 e. The summed E-state index contributed by atoms with van der Waals surface area (Å²) in [5.41, 5.74) is -1.39. The number of rotatable bonds is 8. The monoisotopic (exact) mass is 381 g/mol. The maximum atomic E-state index is 13.0. The number of halogens is 5. The van der Waals surface area contributed by atoms with Gasteiger partial charge in [-0.15, -0.1) is 0 Å². The smallest absolute Gasteiger partial charge is 0.384 e. The predicted molar refractivity (Wildman–Crippen MR) is 81.5 cm³/mol. The van der Waals surface area contributed by atoms with Crippen molar-refractivity contribution >= 4 is 11.6 Å². The van der Waals surface area contributed by atoms with Gasteiger partial charge in [-0.2, -0.15) is 13.9 Å². The Morgan fingerprint density at radius 3 is 2.44 bits per heavy atom. The number of aromatic nitrogens is 3. The maximum Gasteiger partial charge on any atom is 0.416 e. The highest BCUT2D eigenvalue weighted by molar-refractivity contribution is 6.30. The summed E-state index contributed by atoms with van der Waals surface area (Å²) in [5, 5.41) is 17.8.